The summed E-state index contributed by atoms with van der Waals surface area (Å²) >= 11 is 0. The van der Waals surface area contributed by atoms with Gasteiger partial charge in [0.2, 0.25) is 0 Å². The van der Waals surface area contributed by atoms with Crippen molar-refractivity contribution in [3.63, 3.8) is 0 Å². The summed E-state index contributed by atoms with van der Waals surface area (Å²) in [6.07, 6.45) is 5.25. The summed E-state index contributed by atoms with van der Waals surface area (Å²) < 4.78 is 0. The van der Waals surface area contributed by atoms with E-state index < -0.39 is 0 Å². The van der Waals surface area contributed by atoms with E-state index in [4.69, 9.17) is 5.73 Å². The van der Waals surface area contributed by atoms with Gasteiger partial charge in [-0.3, -0.25) is 4.90 Å². The van der Waals surface area contributed by atoms with Crippen LogP contribution in [0.1, 0.15) is 53.4 Å². The van der Waals surface area contributed by atoms with Crippen molar-refractivity contribution in [3.05, 3.63) is 0 Å². The third kappa shape index (κ3) is 3.46. The number of hydrogen-bond donors (Lipinski definition) is 1. The minimum Gasteiger partial charge on any atom is -0.330 e. The molecule has 1 aliphatic rings. The van der Waals surface area contributed by atoms with Crippen LogP contribution in [0.4, 0.5) is 0 Å². The van der Waals surface area contributed by atoms with Gasteiger partial charge in [0.05, 0.1) is 0 Å². The Balaban J connectivity index is 2.56. The average molecular weight is 226 g/mol. The number of piperidine rings is 1. The van der Waals surface area contributed by atoms with Crippen molar-refractivity contribution in [1.29, 1.82) is 0 Å². The standard InChI is InChI=1S/C14H30N2/c1-5-8-14(4,10-15)11-16-9-6-7-12(2)13(16)3/h12-13H,5-11,15H2,1-4H3. The summed E-state index contributed by atoms with van der Waals surface area (Å²) in [6, 6.07) is 0.733. The highest BCUT2D eigenvalue weighted by Gasteiger charge is 2.31. The van der Waals surface area contributed by atoms with Gasteiger partial charge in [0.1, 0.15) is 0 Å². The van der Waals surface area contributed by atoms with Crippen LogP contribution in [0.3, 0.4) is 0 Å². The van der Waals surface area contributed by atoms with Gasteiger partial charge < -0.3 is 5.73 Å². The second kappa shape index (κ2) is 6.02. The molecule has 2 heteroatoms. The summed E-state index contributed by atoms with van der Waals surface area (Å²) in [5, 5.41) is 0. The zero-order valence-electron chi connectivity index (χ0n) is 11.6. The molecule has 1 fully saturated rings. The smallest absolute Gasteiger partial charge is 0.00928 e. The lowest BCUT2D eigenvalue weighted by Crippen LogP contribution is -2.49. The number of nitrogens with zero attached hydrogens (tertiary/aromatic N) is 1. The Morgan fingerprint density at radius 3 is 2.62 bits per heavy atom. The average Bonchev–Trinajstić information content (AvgIpc) is 2.25. The molecule has 3 unspecified atom stereocenters. The first-order chi connectivity index (χ1) is 7.52. The molecule has 0 aromatic heterocycles. The van der Waals surface area contributed by atoms with E-state index in [9.17, 15) is 0 Å². The molecule has 0 aromatic carbocycles. The normalized spacial score (nSPS) is 31.3. The lowest BCUT2D eigenvalue weighted by Gasteiger charge is -2.43. The molecule has 96 valence electrons. The van der Waals surface area contributed by atoms with Crippen LogP contribution in [0.25, 0.3) is 0 Å². The molecule has 0 bridgehead atoms. The third-order valence-corrected chi connectivity index (χ3v) is 4.44. The molecule has 0 spiro atoms. The van der Waals surface area contributed by atoms with E-state index in [2.05, 4.69) is 32.6 Å². The molecule has 0 aromatic rings. The molecule has 0 radical (unpaired) electrons. The first kappa shape index (κ1) is 14.0. The van der Waals surface area contributed by atoms with Crippen LogP contribution < -0.4 is 5.73 Å². The van der Waals surface area contributed by atoms with Crippen molar-refractivity contribution < 1.29 is 0 Å². The molecule has 0 aliphatic carbocycles. The van der Waals surface area contributed by atoms with Crippen LogP contribution in [0.5, 0.6) is 0 Å². The second-order valence-electron chi connectivity index (χ2n) is 6.10. The number of nitrogens with two attached hydrogens (primary N) is 1. The Hall–Kier alpha value is -0.0800. The predicted octanol–water partition coefficient (Wildman–Crippen LogP) is 2.87. The molecule has 1 rings (SSSR count). The summed E-state index contributed by atoms with van der Waals surface area (Å²) in [5.74, 6) is 0.845. The van der Waals surface area contributed by atoms with Crippen molar-refractivity contribution in [2.45, 2.75) is 59.4 Å². The maximum Gasteiger partial charge on any atom is 0.00928 e. The fourth-order valence-corrected chi connectivity index (χ4v) is 2.98. The van der Waals surface area contributed by atoms with Crippen LogP contribution in [0, 0.1) is 11.3 Å². The van der Waals surface area contributed by atoms with E-state index in [0.29, 0.717) is 5.41 Å². The molecule has 16 heavy (non-hydrogen) atoms. The molecule has 0 amide bonds. The Kier molecular flexibility index (Phi) is 5.26. The Morgan fingerprint density at radius 2 is 2.06 bits per heavy atom. The van der Waals surface area contributed by atoms with Crippen molar-refractivity contribution in [2.75, 3.05) is 19.6 Å². The zero-order chi connectivity index (χ0) is 12.2. The fraction of sp³-hybridized carbons (Fsp3) is 1.00. The third-order valence-electron chi connectivity index (χ3n) is 4.44. The highest BCUT2D eigenvalue weighted by molar-refractivity contribution is 4.85. The highest BCUT2D eigenvalue weighted by atomic mass is 15.2. The maximum atomic E-state index is 5.96. The summed E-state index contributed by atoms with van der Waals surface area (Å²) in [4.78, 5) is 2.66. The van der Waals surface area contributed by atoms with E-state index in [1.54, 1.807) is 0 Å². The van der Waals surface area contributed by atoms with E-state index in [0.717, 1.165) is 18.5 Å². The predicted molar refractivity (Wildman–Crippen MR) is 71.5 cm³/mol. The molecular formula is C14H30N2. The van der Waals surface area contributed by atoms with E-state index >= 15 is 0 Å². The number of likely N-dealkylation sites (tertiary alicyclic amines) is 1. The second-order valence-corrected chi connectivity index (χ2v) is 6.10. The van der Waals surface area contributed by atoms with Gasteiger partial charge in [0, 0.05) is 12.6 Å². The van der Waals surface area contributed by atoms with Gasteiger partial charge in [-0.25, -0.2) is 0 Å². The Labute approximate surface area is 102 Å². The molecule has 2 N–H and O–H groups in total. The Morgan fingerprint density at radius 1 is 1.38 bits per heavy atom. The lowest BCUT2D eigenvalue weighted by atomic mass is 9.82. The molecule has 1 heterocycles. The summed E-state index contributed by atoms with van der Waals surface area (Å²) in [5.41, 5.74) is 6.28. The van der Waals surface area contributed by atoms with Crippen molar-refractivity contribution in [1.82, 2.24) is 4.90 Å². The molecule has 3 atom stereocenters. The first-order valence-electron chi connectivity index (χ1n) is 6.96. The topological polar surface area (TPSA) is 29.3 Å². The highest BCUT2D eigenvalue weighted by Crippen LogP contribution is 2.29. The van der Waals surface area contributed by atoms with Crippen LogP contribution in [0.15, 0.2) is 0 Å². The van der Waals surface area contributed by atoms with Crippen molar-refractivity contribution in [3.8, 4) is 0 Å². The maximum absolute atomic E-state index is 5.96. The van der Waals surface area contributed by atoms with Crippen molar-refractivity contribution >= 4 is 0 Å². The van der Waals surface area contributed by atoms with Crippen LogP contribution in [0.2, 0.25) is 0 Å². The molecular weight excluding hydrogens is 196 g/mol. The van der Waals surface area contributed by atoms with Gasteiger partial charge in [-0.2, -0.15) is 0 Å². The van der Waals surface area contributed by atoms with E-state index in [1.165, 1.54) is 38.8 Å². The van der Waals surface area contributed by atoms with Gasteiger partial charge in [0.15, 0.2) is 0 Å². The zero-order valence-corrected chi connectivity index (χ0v) is 11.6. The molecule has 1 aliphatic heterocycles. The quantitative estimate of drug-likeness (QED) is 0.781. The summed E-state index contributed by atoms with van der Waals surface area (Å²) in [6.45, 7) is 12.6. The SMILES string of the molecule is CCCC(C)(CN)CN1CCCC(C)C1C. The van der Waals surface area contributed by atoms with Gasteiger partial charge in [-0.15, -0.1) is 0 Å². The largest absolute Gasteiger partial charge is 0.330 e. The summed E-state index contributed by atoms with van der Waals surface area (Å²) in [7, 11) is 0. The molecule has 2 nitrogen and oxygen atoms in total. The van der Waals surface area contributed by atoms with Gasteiger partial charge in [0.25, 0.3) is 0 Å². The van der Waals surface area contributed by atoms with E-state index in [1.807, 2.05) is 0 Å². The van der Waals surface area contributed by atoms with Crippen LogP contribution >= 0.6 is 0 Å². The van der Waals surface area contributed by atoms with Crippen LogP contribution in [-0.4, -0.2) is 30.6 Å². The lowest BCUT2D eigenvalue weighted by molar-refractivity contribution is 0.0649. The van der Waals surface area contributed by atoms with Gasteiger partial charge >= 0.3 is 0 Å². The minimum absolute atomic E-state index is 0.320. The van der Waals surface area contributed by atoms with E-state index in [-0.39, 0.29) is 0 Å². The minimum atomic E-state index is 0.320. The van der Waals surface area contributed by atoms with Crippen molar-refractivity contribution in [2.24, 2.45) is 17.1 Å². The molecule has 0 saturated carbocycles. The van der Waals surface area contributed by atoms with Gasteiger partial charge in [-0.1, -0.05) is 27.2 Å². The van der Waals surface area contributed by atoms with Gasteiger partial charge in [-0.05, 0) is 50.6 Å². The monoisotopic (exact) mass is 226 g/mol. The first-order valence-corrected chi connectivity index (χ1v) is 6.96. The number of rotatable bonds is 5. The molecule has 1 saturated heterocycles. The van der Waals surface area contributed by atoms with Crippen LogP contribution in [-0.2, 0) is 0 Å². The fourth-order valence-electron chi connectivity index (χ4n) is 2.98. The Bertz CT molecular complexity index is 205. The number of hydrogen-bond acceptors (Lipinski definition) is 2.